The molecule has 19 heavy (non-hydrogen) atoms. The molecule has 7 nitrogen and oxygen atoms in total. The number of nitrogens with zero attached hydrogens (tertiary/aromatic N) is 1. The molecule has 8 heteroatoms. The zero-order valence-electron chi connectivity index (χ0n) is 10.1. The van der Waals surface area contributed by atoms with Gasteiger partial charge in [-0.3, -0.25) is 4.79 Å². The molecular weight excluding hydrogens is 272 g/mol. The largest absolute Gasteiger partial charge is 0.461 e. The maximum atomic E-state index is 11.7. The van der Waals surface area contributed by atoms with E-state index < -0.39 is 15.7 Å². The van der Waals surface area contributed by atoms with Gasteiger partial charge in [0.15, 0.2) is 11.5 Å². The van der Waals surface area contributed by atoms with E-state index in [1.807, 2.05) is 0 Å². The summed E-state index contributed by atoms with van der Waals surface area (Å²) in [6.07, 6.45) is 2.58. The first-order chi connectivity index (χ1) is 8.96. The van der Waals surface area contributed by atoms with Crippen LogP contribution in [0.3, 0.4) is 0 Å². The Kier molecular flexibility index (Phi) is 3.70. The molecule has 0 aliphatic rings. The van der Waals surface area contributed by atoms with Crippen molar-refractivity contribution in [2.75, 3.05) is 18.6 Å². The second-order valence-corrected chi connectivity index (χ2v) is 6.20. The summed E-state index contributed by atoms with van der Waals surface area (Å²) in [5, 5.41) is 6.03. The monoisotopic (exact) mass is 284 g/mol. The van der Waals surface area contributed by atoms with Gasteiger partial charge in [-0.15, -0.1) is 0 Å². The van der Waals surface area contributed by atoms with E-state index in [9.17, 15) is 13.2 Å². The molecule has 0 atom stereocenters. The highest BCUT2D eigenvalue weighted by Crippen LogP contribution is 2.20. The fraction of sp³-hybridized carbons (Fsp3) is 0.273. The zero-order chi connectivity index (χ0) is 13.9. The van der Waals surface area contributed by atoms with E-state index in [1.165, 1.54) is 12.3 Å². The van der Waals surface area contributed by atoms with Gasteiger partial charge in [0.05, 0.1) is 12.0 Å². The van der Waals surface area contributed by atoms with Gasteiger partial charge in [0.2, 0.25) is 5.76 Å². The number of hydrogen-bond donors (Lipinski definition) is 1. The first-order valence-electron chi connectivity index (χ1n) is 5.42. The second kappa shape index (κ2) is 5.27. The van der Waals surface area contributed by atoms with E-state index in [2.05, 4.69) is 10.5 Å². The van der Waals surface area contributed by atoms with Crippen LogP contribution in [0.5, 0.6) is 0 Å². The summed E-state index contributed by atoms with van der Waals surface area (Å²) in [4.78, 5) is 11.7. The van der Waals surface area contributed by atoms with E-state index in [-0.39, 0.29) is 18.0 Å². The number of amides is 1. The Hall–Kier alpha value is -2.09. The molecule has 0 aliphatic heterocycles. The number of aromatic nitrogens is 1. The smallest absolute Gasteiger partial charge is 0.273 e. The van der Waals surface area contributed by atoms with Gasteiger partial charge in [0, 0.05) is 18.9 Å². The summed E-state index contributed by atoms with van der Waals surface area (Å²) in [6, 6.07) is 4.78. The van der Waals surface area contributed by atoms with E-state index >= 15 is 0 Å². The molecule has 102 valence electrons. The van der Waals surface area contributed by atoms with Crippen molar-refractivity contribution in [1.29, 1.82) is 0 Å². The lowest BCUT2D eigenvalue weighted by molar-refractivity contribution is 0.0947. The van der Waals surface area contributed by atoms with Crippen molar-refractivity contribution < 1.29 is 22.2 Å². The molecule has 0 saturated carbocycles. The minimum Gasteiger partial charge on any atom is -0.461 e. The van der Waals surface area contributed by atoms with E-state index in [4.69, 9.17) is 8.94 Å². The van der Waals surface area contributed by atoms with Gasteiger partial charge in [-0.05, 0) is 12.1 Å². The molecule has 2 aromatic rings. The quantitative estimate of drug-likeness (QED) is 0.867. The Labute approximate surface area is 109 Å². The molecule has 0 radical (unpaired) electrons. The van der Waals surface area contributed by atoms with Crippen LogP contribution in [0.1, 0.15) is 10.5 Å². The molecule has 0 bridgehead atoms. The van der Waals surface area contributed by atoms with Gasteiger partial charge in [-0.1, -0.05) is 5.16 Å². The molecule has 0 aromatic carbocycles. The maximum Gasteiger partial charge on any atom is 0.273 e. The fourth-order valence-electron chi connectivity index (χ4n) is 1.36. The van der Waals surface area contributed by atoms with E-state index in [1.54, 1.807) is 12.1 Å². The number of carbonyl (C=O) groups excluding carboxylic acids is 1. The standard InChI is InChI=1S/C11H12N2O5S/c1-19(15,16)6-4-12-11(14)8-7-10(18-13-8)9-3-2-5-17-9/h2-3,5,7H,4,6H2,1H3,(H,12,14). The Balaban J connectivity index is 1.97. The summed E-state index contributed by atoms with van der Waals surface area (Å²) in [7, 11) is -3.11. The lowest BCUT2D eigenvalue weighted by Crippen LogP contribution is -2.28. The van der Waals surface area contributed by atoms with Crippen LogP contribution >= 0.6 is 0 Å². The lowest BCUT2D eigenvalue weighted by atomic mass is 10.3. The molecule has 0 unspecified atom stereocenters. The molecule has 0 aliphatic carbocycles. The van der Waals surface area contributed by atoms with Crippen LogP contribution in [0.2, 0.25) is 0 Å². The number of rotatable bonds is 5. The van der Waals surface area contributed by atoms with Crippen molar-refractivity contribution in [2.24, 2.45) is 0 Å². The third-order valence-electron chi connectivity index (χ3n) is 2.27. The van der Waals surface area contributed by atoms with Gasteiger partial charge < -0.3 is 14.3 Å². The van der Waals surface area contributed by atoms with Gasteiger partial charge in [0.25, 0.3) is 5.91 Å². The number of carbonyl (C=O) groups is 1. The molecule has 1 amide bonds. The Morgan fingerprint density at radius 2 is 2.21 bits per heavy atom. The summed E-state index contributed by atoms with van der Waals surface area (Å²) < 4.78 is 31.9. The first kappa shape index (κ1) is 13.3. The molecule has 2 rings (SSSR count). The Morgan fingerprint density at radius 3 is 2.84 bits per heavy atom. The number of nitrogens with one attached hydrogen (secondary N) is 1. The van der Waals surface area contributed by atoms with Crippen LogP contribution in [0.25, 0.3) is 11.5 Å². The Morgan fingerprint density at radius 1 is 1.42 bits per heavy atom. The van der Waals surface area contributed by atoms with Gasteiger partial charge >= 0.3 is 0 Å². The number of sulfone groups is 1. The van der Waals surface area contributed by atoms with Crippen molar-refractivity contribution in [3.8, 4) is 11.5 Å². The third-order valence-corrected chi connectivity index (χ3v) is 3.21. The highest BCUT2D eigenvalue weighted by atomic mass is 32.2. The van der Waals surface area contributed by atoms with Crippen molar-refractivity contribution in [2.45, 2.75) is 0 Å². The molecule has 2 aromatic heterocycles. The summed E-state index contributed by atoms with van der Waals surface area (Å²) >= 11 is 0. The predicted molar refractivity (Wildman–Crippen MR) is 66.2 cm³/mol. The molecule has 0 spiro atoms. The minimum absolute atomic E-state index is 0.0284. The van der Waals surface area contributed by atoms with E-state index in [0.29, 0.717) is 11.5 Å². The van der Waals surface area contributed by atoms with Gasteiger partial charge in [-0.25, -0.2) is 8.42 Å². The minimum atomic E-state index is -3.11. The number of hydrogen-bond acceptors (Lipinski definition) is 6. The zero-order valence-corrected chi connectivity index (χ0v) is 10.9. The highest BCUT2D eigenvalue weighted by molar-refractivity contribution is 7.90. The topological polar surface area (TPSA) is 102 Å². The third kappa shape index (κ3) is 3.68. The van der Waals surface area contributed by atoms with Crippen molar-refractivity contribution >= 4 is 15.7 Å². The summed E-state index contributed by atoms with van der Waals surface area (Å²) in [5.74, 6) is 0.174. The van der Waals surface area contributed by atoms with Crippen LogP contribution in [-0.4, -0.2) is 38.0 Å². The van der Waals surface area contributed by atoms with E-state index in [0.717, 1.165) is 6.26 Å². The number of furan rings is 1. The van der Waals surface area contributed by atoms with Crippen molar-refractivity contribution in [3.05, 3.63) is 30.2 Å². The van der Waals surface area contributed by atoms with Crippen LogP contribution in [0.15, 0.2) is 33.4 Å². The molecular formula is C11H12N2O5S. The SMILES string of the molecule is CS(=O)(=O)CCNC(=O)c1cc(-c2ccco2)on1. The Bertz CT molecular complexity index is 657. The molecule has 1 N–H and O–H groups in total. The van der Waals surface area contributed by atoms with Crippen LogP contribution < -0.4 is 5.32 Å². The average Bonchev–Trinajstić information content (AvgIpc) is 2.98. The molecule has 0 saturated heterocycles. The first-order valence-corrected chi connectivity index (χ1v) is 7.48. The van der Waals surface area contributed by atoms with Gasteiger partial charge in [-0.2, -0.15) is 0 Å². The van der Waals surface area contributed by atoms with Crippen molar-refractivity contribution in [1.82, 2.24) is 10.5 Å². The van der Waals surface area contributed by atoms with Crippen LogP contribution in [0.4, 0.5) is 0 Å². The maximum absolute atomic E-state index is 11.7. The molecule has 0 fully saturated rings. The fourth-order valence-corrected chi connectivity index (χ4v) is 1.83. The lowest BCUT2D eigenvalue weighted by Gasteiger charge is -2.00. The van der Waals surface area contributed by atoms with Crippen LogP contribution in [-0.2, 0) is 9.84 Å². The van der Waals surface area contributed by atoms with Crippen LogP contribution in [0, 0.1) is 0 Å². The predicted octanol–water partition coefficient (Wildman–Crippen LogP) is 0.709. The summed E-state index contributed by atoms with van der Waals surface area (Å²) in [6.45, 7) is 0.0284. The highest BCUT2D eigenvalue weighted by Gasteiger charge is 2.15. The van der Waals surface area contributed by atoms with Crippen molar-refractivity contribution in [3.63, 3.8) is 0 Å². The normalized spacial score (nSPS) is 11.4. The molecule has 2 heterocycles. The van der Waals surface area contributed by atoms with Gasteiger partial charge in [0.1, 0.15) is 9.84 Å². The average molecular weight is 284 g/mol. The second-order valence-electron chi connectivity index (χ2n) is 3.94. The summed E-state index contributed by atoms with van der Waals surface area (Å²) in [5.41, 5.74) is 0.0694.